The molecular formula is C21H15N3O5. The topological polar surface area (TPSA) is 106 Å². The monoisotopic (exact) mass is 389 g/mol. The van der Waals surface area contributed by atoms with Gasteiger partial charge in [-0.1, -0.05) is 24.3 Å². The summed E-state index contributed by atoms with van der Waals surface area (Å²) in [6.45, 7) is 1.76. The van der Waals surface area contributed by atoms with Crippen LogP contribution in [0.5, 0.6) is 0 Å². The number of amides is 2. The average Bonchev–Trinajstić information content (AvgIpc) is 3.28. The number of hydrogen-bond donors (Lipinski definition) is 1. The van der Waals surface area contributed by atoms with E-state index in [9.17, 15) is 19.7 Å². The van der Waals surface area contributed by atoms with Gasteiger partial charge in [0.05, 0.1) is 16.2 Å². The van der Waals surface area contributed by atoms with Gasteiger partial charge in [-0.2, -0.15) is 0 Å². The Morgan fingerprint density at radius 2 is 1.83 bits per heavy atom. The second kappa shape index (κ2) is 7.08. The third-order valence-electron chi connectivity index (χ3n) is 4.43. The van der Waals surface area contributed by atoms with Crippen molar-refractivity contribution < 1.29 is 18.9 Å². The van der Waals surface area contributed by atoms with E-state index in [0.29, 0.717) is 11.3 Å². The minimum Gasteiger partial charge on any atom is -0.456 e. The molecule has 2 aromatic carbocycles. The molecule has 3 aromatic rings. The molecule has 0 atom stereocenters. The third-order valence-corrected chi connectivity index (χ3v) is 4.43. The van der Waals surface area contributed by atoms with Crippen LogP contribution in [0, 0.1) is 17.0 Å². The van der Waals surface area contributed by atoms with Gasteiger partial charge in [-0.05, 0) is 48.9 Å². The van der Waals surface area contributed by atoms with Crippen molar-refractivity contribution in [1.29, 1.82) is 0 Å². The van der Waals surface area contributed by atoms with Crippen molar-refractivity contribution in [2.75, 3.05) is 5.01 Å². The summed E-state index contributed by atoms with van der Waals surface area (Å²) in [6.07, 6.45) is 1.32. The van der Waals surface area contributed by atoms with E-state index in [-0.39, 0.29) is 22.8 Å². The minimum atomic E-state index is -0.557. The Morgan fingerprint density at radius 1 is 1.07 bits per heavy atom. The maximum atomic E-state index is 12.6. The lowest BCUT2D eigenvalue weighted by Gasteiger charge is -2.13. The maximum Gasteiger partial charge on any atom is 0.282 e. The summed E-state index contributed by atoms with van der Waals surface area (Å²) in [7, 11) is 0. The van der Waals surface area contributed by atoms with Crippen molar-refractivity contribution in [3.05, 3.63) is 87.7 Å². The van der Waals surface area contributed by atoms with Gasteiger partial charge in [-0.3, -0.25) is 25.1 Å². The van der Waals surface area contributed by atoms with E-state index in [0.717, 1.165) is 10.6 Å². The zero-order valence-corrected chi connectivity index (χ0v) is 15.3. The predicted molar refractivity (Wildman–Crippen MR) is 106 cm³/mol. The molecule has 0 spiro atoms. The summed E-state index contributed by atoms with van der Waals surface area (Å²) < 4.78 is 5.67. The van der Waals surface area contributed by atoms with Gasteiger partial charge in [-0.15, -0.1) is 0 Å². The summed E-state index contributed by atoms with van der Waals surface area (Å²) in [5, 5.41) is 12.5. The van der Waals surface area contributed by atoms with E-state index >= 15 is 0 Å². The van der Waals surface area contributed by atoms with Gasteiger partial charge in [0.1, 0.15) is 17.1 Å². The average molecular weight is 389 g/mol. The Balaban J connectivity index is 1.66. The standard InChI is InChI=1S/C21H15N3O5/c1-13-7-9-16(18(11-13)24(27)28)19-10-8-15(29-19)12-17-20(25)22-23(21(17)26)14-5-3-2-4-6-14/h2-12H,1H3,(H,22,25)/b17-12-. The van der Waals surface area contributed by atoms with Gasteiger partial charge in [0.15, 0.2) is 0 Å². The van der Waals surface area contributed by atoms with Crippen molar-refractivity contribution in [3.8, 4) is 11.3 Å². The molecular weight excluding hydrogens is 374 g/mol. The Labute approximate surface area is 165 Å². The summed E-state index contributed by atoms with van der Waals surface area (Å²) >= 11 is 0. The molecule has 1 N–H and O–H groups in total. The second-order valence-corrected chi connectivity index (χ2v) is 6.45. The van der Waals surface area contributed by atoms with Gasteiger partial charge in [-0.25, -0.2) is 5.01 Å². The first-order valence-corrected chi connectivity index (χ1v) is 8.71. The molecule has 8 nitrogen and oxygen atoms in total. The van der Waals surface area contributed by atoms with E-state index in [1.54, 1.807) is 61.5 Å². The van der Waals surface area contributed by atoms with Crippen LogP contribution in [0.4, 0.5) is 11.4 Å². The van der Waals surface area contributed by atoms with E-state index in [1.165, 1.54) is 12.1 Å². The van der Waals surface area contributed by atoms with Crippen molar-refractivity contribution in [1.82, 2.24) is 5.43 Å². The summed E-state index contributed by atoms with van der Waals surface area (Å²) in [4.78, 5) is 35.7. The molecule has 1 aromatic heterocycles. The van der Waals surface area contributed by atoms with Crippen LogP contribution in [0.1, 0.15) is 11.3 Å². The number of furan rings is 1. The number of aryl methyl sites for hydroxylation is 1. The van der Waals surface area contributed by atoms with Crippen LogP contribution in [-0.4, -0.2) is 16.7 Å². The number of anilines is 1. The number of nitro groups is 1. The smallest absolute Gasteiger partial charge is 0.282 e. The highest BCUT2D eigenvalue weighted by Crippen LogP contribution is 2.32. The van der Waals surface area contributed by atoms with Crippen molar-refractivity contribution in [2.24, 2.45) is 0 Å². The predicted octanol–water partition coefficient (Wildman–Crippen LogP) is 3.62. The number of nitrogens with zero attached hydrogens (tertiary/aromatic N) is 2. The zero-order chi connectivity index (χ0) is 20.5. The highest BCUT2D eigenvalue weighted by molar-refractivity contribution is 6.31. The summed E-state index contributed by atoms with van der Waals surface area (Å²) in [5.74, 6) is -0.559. The molecule has 0 bridgehead atoms. The number of nitrogens with one attached hydrogen (secondary N) is 1. The van der Waals surface area contributed by atoms with Crippen LogP contribution in [0.25, 0.3) is 17.4 Å². The lowest BCUT2D eigenvalue weighted by molar-refractivity contribution is -0.384. The van der Waals surface area contributed by atoms with Crippen LogP contribution in [0.15, 0.2) is 70.7 Å². The number of carbonyl (C=O) groups excluding carboxylic acids is 2. The Bertz CT molecular complexity index is 1160. The van der Waals surface area contributed by atoms with Crippen molar-refractivity contribution >= 4 is 29.3 Å². The molecule has 2 amide bonds. The first-order valence-electron chi connectivity index (χ1n) is 8.71. The van der Waals surface area contributed by atoms with E-state index < -0.39 is 16.7 Å². The molecule has 1 aliphatic heterocycles. The molecule has 8 heteroatoms. The lowest BCUT2D eigenvalue weighted by atomic mass is 10.1. The highest BCUT2D eigenvalue weighted by atomic mass is 16.6. The van der Waals surface area contributed by atoms with Crippen LogP contribution < -0.4 is 10.4 Å². The fraction of sp³-hybridized carbons (Fsp3) is 0.0476. The number of rotatable bonds is 4. The lowest BCUT2D eigenvalue weighted by Crippen LogP contribution is -2.35. The minimum absolute atomic E-state index is 0.0801. The molecule has 144 valence electrons. The van der Waals surface area contributed by atoms with Crippen LogP contribution in [0.2, 0.25) is 0 Å². The number of carbonyl (C=O) groups is 2. The molecule has 4 rings (SSSR count). The molecule has 1 fully saturated rings. The number of nitro benzene ring substituents is 1. The Hall–Kier alpha value is -4.20. The van der Waals surface area contributed by atoms with Gasteiger partial charge < -0.3 is 4.42 Å². The van der Waals surface area contributed by atoms with Crippen molar-refractivity contribution in [2.45, 2.75) is 6.92 Å². The van der Waals surface area contributed by atoms with E-state index in [4.69, 9.17) is 4.42 Å². The number of hydrogen-bond acceptors (Lipinski definition) is 5. The Morgan fingerprint density at radius 3 is 2.55 bits per heavy atom. The Kier molecular flexibility index (Phi) is 4.44. The molecule has 0 saturated carbocycles. The first-order chi connectivity index (χ1) is 13.9. The quantitative estimate of drug-likeness (QED) is 0.317. The fourth-order valence-corrected chi connectivity index (χ4v) is 3.03. The van der Waals surface area contributed by atoms with Gasteiger partial charge >= 0.3 is 0 Å². The molecule has 0 radical (unpaired) electrons. The van der Waals surface area contributed by atoms with E-state index in [2.05, 4.69) is 5.43 Å². The molecule has 0 aliphatic carbocycles. The van der Waals surface area contributed by atoms with E-state index in [1.807, 2.05) is 0 Å². The van der Waals surface area contributed by atoms with Crippen molar-refractivity contribution in [3.63, 3.8) is 0 Å². The highest BCUT2D eigenvalue weighted by Gasteiger charge is 2.34. The van der Waals surface area contributed by atoms with Crippen LogP contribution in [0.3, 0.4) is 0 Å². The SMILES string of the molecule is Cc1ccc(-c2ccc(/C=C3/C(=O)NN(c4ccccc4)C3=O)o2)c([N+](=O)[O-])c1. The largest absolute Gasteiger partial charge is 0.456 e. The second-order valence-electron chi connectivity index (χ2n) is 6.45. The molecule has 0 unspecified atom stereocenters. The summed E-state index contributed by atoms with van der Waals surface area (Å²) in [6, 6.07) is 16.6. The third kappa shape index (κ3) is 3.39. The normalized spacial score (nSPS) is 15.1. The number of benzene rings is 2. The van der Waals surface area contributed by atoms with Gasteiger partial charge in [0.2, 0.25) is 0 Å². The molecule has 2 heterocycles. The van der Waals surface area contributed by atoms with Gasteiger partial charge in [0.25, 0.3) is 17.5 Å². The van der Waals surface area contributed by atoms with Crippen LogP contribution >= 0.6 is 0 Å². The molecule has 1 saturated heterocycles. The maximum absolute atomic E-state index is 12.6. The van der Waals surface area contributed by atoms with Crippen LogP contribution in [-0.2, 0) is 9.59 Å². The number of para-hydroxylation sites is 1. The molecule has 29 heavy (non-hydrogen) atoms. The summed E-state index contributed by atoms with van der Waals surface area (Å²) in [5.41, 5.74) is 3.94. The molecule has 1 aliphatic rings. The first kappa shape index (κ1) is 18.2. The van der Waals surface area contributed by atoms with Gasteiger partial charge in [0, 0.05) is 6.07 Å². The zero-order valence-electron chi connectivity index (χ0n) is 15.3. The fourth-order valence-electron chi connectivity index (χ4n) is 3.03. The number of hydrazine groups is 1.